The minimum atomic E-state index is -4.97. The number of halogens is 5. The number of ether oxygens (including phenoxy) is 2. The standard InChI is InChI=1S/C20H17Cl2F3O4/c1-19(2)7-12(26)15-13(8-19)29-17(20(23,24)25)16(18(27)28-3)14(15)9-4-5-10(21)11(22)6-9/h4-6,14H,7-8H2,1-3H3. The van der Waals surface area contributed by atoms with Crippen LogP contribution < -0.4 is 0 Å². The first-order valence-electron chi connectivity index (χ1n) is 8.64. The zero-order valence-electron chi connectivity index (χ0n) is 15.7. The van der Waals surface area contributed by atoms with Gasteiger partial charge in [-0.3, -0.25) is 4.79 Å². The van der Waals surface area contributed by atoms with Crippen LogP contribution >= 0.6 is 23.2 Å². The van der Waals surface area contributed by atoms with E-state index in [9.17, 15) is 22.8 Å². The molecule has 0 bridgehead atoms. The molecular weight excluding hydrogens is 432 g/mol. The quantitative estimate of drug-likeness (QED) is 0.541. The Hall–Kier alpha value is -1.99. The van der Waals surface area contributed by atoms with Crippen molar-refractivity contribution >= 4 is 35.0 Å². The van der Waals surface area contributed by atoms with Crippen LogP contribution in [0.25, 0.3) is 0 Å². The molecule has 0 spiro atoms. The number of benzene rings is 1. The number of alkyl halides is 3. The predicted octanol–water partition coefficient (Wildman–Crippen LogP) is 5.74. The Bertz CT molecular complexity index is 961. The van der Waals surface area contributed by atoms with E-state index in [1.165, 1.54) is 18.2 Å². The van der Waals surface area contributed by atoms with Crippen molar-refractivity contribution in [1.29, 1.82) is 0 Å². The van der Waals surface area contributed by atoms with E-state index < -0.39 is 40.6 Å². The van der Waals surface area contributed by atoms with Gasteiger partial charge in [0.25, 0.3) is 0 Å². The largest absolute Gasteiger partial charge is 0.466 e. The van der Waals surface area contributed by atoms with Crippen LogP contribution in [0.4, 0.5) is 13.2 Å². The summed E-state index contributed by atoms with van der Waals surface area (Å²) in [5, 5.41) is 0.270. The van der Waals surface area contributed by atoms with Crippen molar-refractivity contribution in [2.75, 3.05) is 7.11 Å². The average molecular weight is 449 g/mol. The molecule has 29 heavy (non-hydrogen) atoms. The first-order chi connectivity index (χ1) is 13.4. The highest BCUT2D eigenvalue weighted by Crippen LogP contribution is 2.52. The Morgan fingerprint density at radius 3 is 2.41 bits per heavy atom. The zero-order valence-corrected chi connectivity index (χ0v) is 17.3. The van der Waals surface area contributed by atoms with Gasteiger partial charge in [-0.05, 0) is 23.1 Å². The summed E-state index contributed by atoms with van der Waals surface area (Å²) in [7, 11) is 0.963. The molecule has 0 aromatic heterocycles. The molecule has 1 aromatic carbocycles. The number of methoxy groups -OCH3 is 1. The second-order valence-corrected chi connectivity index (χ2v) is 8.53. The van der Waals surface area contributed by atoms with Gasteiger partial charge in [-0.1, -0.05) is 43.1 Å². The lowest BCUT2D eigenvalue weighted by atomic mass is 9.69. The first kappa shape index (κ1) is 21.7. The van der Waals surface area contributed by atoms with Gasteiger partial charge in [-0.25, -0.2) is 4.79 Å². The fourth-order valence-electron chi connectivity index (χ4n) is 3.70. The Labute approximate surface area is 175 Å². The number of Topliss-reactive ketones (excluding diaryl/α,β-unsaturated/α-hetero) is 1. The third-order valence-corrected chi connectivity index (χ3v) is 5.61. The van der Waals surface area contributed by atoms with Crippen LogP contribution in [0.5, 0.6) is 0 Å². The molecule has 0 amide bonds. The Morgan fingerprint density at radius 1 is 1.21 bits per heavy atom. The molecule has 1 atom stereocenters. The summed E-state index contributed by atoms with van der Waals surface area (Å²) in [4.78, 5) is 25.4. The summed E-state index contributed by atoms with van der Waals surface area (Å²) < 4.78 is 51.2. The Morgan fingerprint density at radius 2 is 1.86 bits per heavy atom. The van der Waals surface area contributed by atoms with Gasteiger partial charge in [0.1, 0.15) is 5.76 Å². The van der Waals surface area contributed by atoms with Gasteiger partial charge in [-0.2, -0.15) is 13.2 Å². The summed E-state index contributed by atoms with van der Waals surface area (Å²) in [6, 6.07) is 4.17. The summed E-state index contributed by atoms with van der Waals surface area (Å²) >= 11 is 12.0. The van der Waals surface area contributed by atoms with E-state index >= 15 is 0 Å². The molecule has 4 nitrogen and oxygen atoms in total. The van der Waals surface area contributed by atoms with Gasteiger partial charge >= 0.3 is 12.1 Å². The molecule has 1 aromatic rings. The maximum Gasteiger partial charge on any atom is 0.450 e. The number of hydrogen-bond donors (Lipinski definition) is 0. The summed E-state index contributed by atoms with van der Waals surface area (Å²) in [6.07, 6.45) is -4.76. The molecule has 156 valence electrons. The molecule has 3 rings (SSSR count). The average Bonchev–Trinajstić information content (AvgIpc) is 2.60. The number of rotatable bonds is 2. The SMILES string of the molecule is COC(=O)C1=C(C(F)(F)F)OC2=C(C(=O)CC(C)(C)C2)C1c1ccc(Cl)c(Cl)c1. The van der Waals surface area contributed by atoms with Crippen molar-refractivity contribution in [3.8, 4) is 0 Å². The molecule has 1 unspecified atom stereocenters. The highest BCUT2D eigenvalue weighted by atomic mass is 35.5. The second-order valence-electron chi connectivity index (χ2n) is 7.72. The van der Waals surface area contributed by atoms with Gasteiger partial charge < -0.3 is 9.47 Å². The summed E-state index contributed by atoms with van der Waals surface area (Å²) in [5.41, 5.74) is -1.15. The van der Waals surface area contributed by atoms with Crippen molar-refractivity contribution < 1.29 is 32.2 Å². The van der Waals surface area contributed by atoms with Gasteiger partial charge in [0.2, 0.25) is 5.76 Å². The van der Waals surface area contributed by atoms with E-state index in [0.29, 0.717) is 0 Å². The number of hydrogen-bond acceptors (Lipinski definition) is 4. The number of carbonyl (C=O) groups is 2. The van der Waals surface area contributed by atoms with Crippen molar-refractivity contribution in [3.63, 3.8) is 0 Å². The molecule has 9 heteroatoms. The fraction of sp³-hybridized carbons (Fsp3) is 0.400. The molecule has 1 heterocycles. The van der Waals surface area contributed by atoms with Crippen LogP contribution in [-0.4, -0.2) is 25.0 Å². The van der Waals surface area contributed by atoms with Crippen molar-refractivity contribution in [2.24, 2.45) is 5.41 Å². The molecule has 2 aliphatic rings. The maximum absolute atomic E-state index is 13.8. The highest BCUT2D eigenvalue weighted by molar-refractivity contribution is 6.42. The van der Waals surface area contributed by atoms with Gasteiger partial charge in [0.05, 0.1) is 28.6 Å². The van der Waals surface area contributed by atoms with Crippen molar-refractivity contribution in [1.82, 2.24) is 0 Å². The van der Waals surface area contributed by atoms with Gasteiger partial charge in [0.15, 0.2) is 5.78 Å². The van der Waals surface area contributed by atoms with Crippen LogP contribution in [-0.2, 0) is 19.1 Å². The third-order valence-electron chi connectivity index (χ3n) is 4.87. The van der Waals surface area contributed by atoms with E-state index in [1.807, 2.05) is 0 Å². The number of ketones is 1. The summed E-state index contributed by atoms with van der Waals surface area (Å²) in [5.74, 6) is -4.54. The maximum atomic E-state index is 13.8. The number of allylic oxidation sites excluding steroid dienone is 3. The third kappa shape index (κ3) is 4.03. The van der Waals surface area contributed by atoms with Crippen LogP contribution in [0.1, 0.15) is 38.2 Å². The highest BCUT2D eigenvalue weighted by Gasteiger charge is 2.51. The van der Waals surface area contributed by atoms with Crippen LogP contribution in [0.3, 0.4) is 0 Å². The minimum Gasteiger partial charge on any atom is -0.466 e. The molecule has 1 aliphatic heterocycles. The fourth-order valence-corrected chi connectivity index (χ4v) is 4.01. The van der Waals surface area contributed by atoms with Gasteiger partial charge in [0, 0.05) is 18.4 Å². The molecule has 0 saturated carbocycles. The monoisotopic (exact) mass is 448 g/mol. The minimum absolute atomic E-state index is 0.0103. The first-order valence-corrected chi connectivity index (χ1v) is 9.40. The molecule has 0 fully saturated rings. The van der Waals surface area contributed by atoms with Gasteiger partial charge in [-0.15, -0.1) is 0 Å². The van der Waals surface area contributed by atoms with Crippen LogP contribution in [0, 0.1) is 5.41 Å². The van der Waals surface area contributed by atoms with E-state index in [-0.39, 0.29) is 39.8 Å². The lowest BCUT2D eigenvalue weighted by Gasteiger charge is -2.39. The van der Waals surface area contributed by atoms with E-state index in [1.54, 1.807) is 13.8 Å². The lowest BCUT2D eigenvalue weighted by molar-refractivity contribution is -0.144. The second kappa shape index (κ2) is 7.36. The molecule has 0 saturated heterocycles. The molecular formula is C20H17Cl2F3O4. The van der Waals surface area contributed by atoms with E-state index in [2.05, 4.69) is 4.74 Å². The lowest BCUT2D eigenvalue weighted by Crippen LogP contribution is -2.36. The van der Waals surface area contributed by atoms with Crippen LogP contribution in [0.2, 0.25) is 10.0 Å². The summed E-state index contributed by atoms with van der Waals surface area (Å²) in [6.45, 7) is 3.53. The molecule has 0 radical (unpaired) electrons. The van der Waals surface area contributed by atoms with Crippen molar-refractivity contribution in [3.05, 3.63) is 56.5 Å². The Balaban J connectivity index is 2.33. The van der Waals surface area contributed by atoms with Crippen molar-refractivity contribution in [2.45, 2.75) is 38.8 Å². The normalized spacial score (nSPS) is 21.7. The van der Waals surface area contributed by atoms with E-state index in [4.69, 9.17) is 27.9 Å². The van der Waals surface area contributed by atoms with E-state index in [0.717, 1.165) is 7.11 Å². The topological polar surface area (TPSA) is 52.6 Å². The predicted molar refractivity (Wildman–Crippen MR) is 100 cm³/mol. The molecule has 0 N–H and O–H groups in total. The molecule has 1 aliphatic carbocycles. The number of esters is 1. The van der Waals surface area contributed by atoms with Crippen LogP contribution in [0.15, 0.2) is 40.9 Å². The zero-order chi connectivity index (χ0) is 21.7. The Kier molecular flexibility index (Phi) is 5.51. The smallest absolute Gasteiger partial charge is 0.450 e. The number of carbonyl (C=O) groups excluding carboxylic acids is 2.